The highest BCUT2D eigenvalue weighted by Crippen LogP contribution is 2.23. The van der Waals surface area contributed by atoms with Gasteiger partial charge in [-0.2, -0.15) is 0 Å². The Labute approximate surface area is 93.8 Å². The van der Waals surface area contributed by atoms with Crippen molar-refractivity contribution in [2.45, 2.75) is 13.5 Å². The van der Waals surface area contributed by atoms with Gasteiger partial charge in [0.05, 0.1) is 11.3 Å². The minimum absolute atomic E-state index is 0.295. The third-order valence-corrected chi connectivity index (χ3v) is 2.60. The van der Waals surface area contributed by atoms with Crippen molar-refractivity contribution in [3.05, 3.63) is 35.4 Å². The predicted octanol–water partition coefficient (Wildman–Crippen LogP) is 0.804. The van der Waals surface area contributed by atoms with Crippen molar-refractivity contribution >= 4 is 11.6 Å². The summed E-state index contributed by atoms with van der Waals surface area (Å²) in [6.45, 7) is 2.29. The Kier molecular flexibility index (Phi) is 2.54. The van der Waals surface area contributed by atoms with Gasteiger partial charge in [0.15, 0.2) is 5.82 Å². The Morgan fingerprint density at radius 1 is 1.25 bits per heavy atom. The zero-order valence-electron chi connectivity index (χ0n) is 9.14. The molecule has 0 unspecified atom stereocenters. The molecule has 2 rings (SSSR count). The second-order valence-electron chi connectivity index (χ2n) is 3.65. The molecule has 5 heteroatoms. The third kappa shape index (κ3) is 1.51. The molecule has 84 valence electrons. The summed E-state index contributed by atoms with van der Waals surface area (Å²) in [6.07, 6.45) is 0. The van der Waals surface area contributed by atoms with Crippen LogP contribution in [-0.2, 0) is 6.54 Å². The van der Waals surface area contributed by atoms with E-state index in [2.05, 4.69) is 5.10 Å². The minimum Gasteiger partial charge on any atom is -0.383 e. The smallest absolute Gasteiger partial charge is 0.152 e. The molecule has 0 aliphatic carbocycles. The molecule has 0 atom stereocenters. The van der Waals surface area contributed by atoms with Crippen molar-refractivity contribution in [2.24, 2.45) is 5.73 Å². The number of anilines is 2. The quantitative estimate of drug-likeness (QED) is 0.693. The molecule has 0 saturated heterocycles. The van der Waals surface area contributed by atoms with Gasteiger partial charge in [-0.1, -0.05) is 18.2 Å². The van der Waals surface area contributed by atoms with Gasteiger partial charge in [0.2, 0.25) is 0 Å². The van der Waals surface area contributed by atoms with Gasteiger partial charge < -0.3 is 17.2 Å². The lowest BCUT2D eigenvalue weighted by molar-refractivity contribution is 0.888. The molecule has 1 aromatic heterocycles. The molecule has 0 aliphatic heterocycles. The third-order valence-electron chi connectivity index (χ3n) is 2.60. The Morgan fingerprint density at radius 2 is 1.94 bits per heavy atom. The van der Waals surface area contributed by atoms with E-state index >= 15 is 0 Å². The van der Waals surface area contributed by atoms with Gasteiger partial charge in [0.25, 0.3) is 0 Å². The van der Waals surface area contributed by atoms with Crippen LogP contribution in [0.4, 0.5) is 11.6 Å². The largest absolute Gasteiger partial charge is 0.383 e. The fourth-order valence-electron chi connectivity index (χ4n) is 1.67. The summed E-state index contributed by atoms with van der Waals surface area (Å²) in [5.74, 6) is 0.901. The van der Waals surface area contributed by atoms with Crippen molar-refractivity contribution in [3.8, 4) is 5.69 Å². The highest BCUT2D eigenvalue weighted by molar-refractivity contribution is 5.59. The lowest BCUT2D eigenvalue weighted by Gasteiger charge is -2.07. The lowest BCUT2D eigenvalue weighted by Crippen LogP contribution is -2.06. The lowest BCUT2D eigenvalue weighted by atomic mass is 10.2. The van der Waals surface area contributed by atoms with E-state index < -0.39 is 0 Å². The fraction of sp³-hybridized carbons (Fsp3) is 0.182. The summed E-state index contributed by atoms with van der Waals surface area (Å²) in [5, 5.41) is 4.20. The monoisotopic (exact) mass is 217 g/mol. The number of aromatic nitrogens is 2. The second-order valence-corrected chi connectivity index (χ2v) is 3.65. The van der Waals surface area contributed by atoms with Crippen molar-refractivity contribution < 1.29 is 0 Å². The predicted molar refractivity (Wildman–Crippen MR) is 65.0 cm³/mol. The Balaban J connectivity index is 2.62. The Bertz CT molecular complexity index is 515. The van der Waals surface area contributed by atoms with Gasteiger partial charge in [0.1, 0.15) is 5.82 Å². The number of nitrogens with zero attached hydrogens (tertiary/aromatic N) is 2. The van der Waals surface area contributed by atoms with Crippen molar-refractivity contribution in [2.75, 3.05) is 11.5 Å². The SMILES string of the molecule is Cc1ccccc1-n1nc(N)c(CN)c1N. The van der Waals surface area contributed by atoms with Gasteiger partial charge in [-0.3, -0.25) is 0 Å². The van der Waals surface area contributed by atoms with Crippen LogP contribution in [0, 0.1) is 6.92 Å². The van der Waals surface area contributed by atoms with Gasteiger partial charge in [-0.05, 0) is 18.6 Å². The van der Waals surface area contributed by atoms with Crippen LogP contribution in [0.5, 0.6) is 0 Å². The molecule has 1 heterocycles. The molecular formula is C11H15N5. The van der Waals surface area contributed by atoms with E-state index in [1.54, 1.807) is 4.68 Å². The molecule has 6 N–H and O–H groups in total. The molecule has 0 fully saturated rings. The van der Waals surface area contributed by atoms with Gasteiger partial charge in [-0.15, -0.1) is 5.10 Å². The summed E-state index contributed by atoms with van der Waals surface area (Å²) < 4.78 is 1.63. The average molecular weight is 217 g/mol. The first-order valence-corrected chi connectivity index (χ1v) is 5.04. The van der Waals surface area contributed by atoms with Crippen LogP contribution in [0.1, 0.15) is 11.1 Å². The molecule has 5 nitrogen and oxygen atoms in total. The summed E-state index contributed by atoms with van der Waals surface area (Å²) >= 11 is 0. The van der Waals surface area contributed by atoms with E-state index in [0.717, 1.165) is 11.3 Å². The number of hydrogen-bond donors (Lipinski definition) is 3. The highest BCUT2D eigenvalue weighted by atomic mass is 15.3. The second kappa shape index (κ2) is 3.86. The van der Waals surface area contributed by atoms with Crippen LogP contribution < -0.4 is 17.2 Å². The number of rotatable bonds is 2. The molecule has 0 spiro atoms. The number of nitrogen functional groups attached to an aromatic ring is 2. The summed E-state index contributed by atoms with van der Waals surface area (Å²) in [4.78, 5) is 0. The molecule has 0 amide bonds. The van der Waals surface area contributed by atoms with Crippen LogP contribution in [0.25, 0.3) is 5.69 Å². The van der Waals surface area contributed by atoms with Crippen molar-refractivity contribution in [1.29, 1.82) is 0 Å². The first-order valence-electron chi connectivity index (χ1n) is 5.04. The standard InChI is InChI=1S/C11H15N5/c1-7-4-2-3-5-9(7)16-11(14)8(6-12)10(13)15-16/h2-5H,6,12,14H2,1H3,(H2,13,15). The maximum atomic E-state index is 5.96. The zero-order chi connectivity index (χ0) is 11.7. The molecule has 0 aliphatic rings. The highest BCUT2D eigenvalue weighted by Gasteiger charge is 2.13. The number of para-hydroxylation sites is 1. The van der Waals surface area contributed by atoms with Crippen molar-refractivity contribution in [3.63, 3.8) is 0 Å². The summed E-state index contributed by atoms with van der Waals surface area (Å²) in [5.41, 5.74) is 20.0. The first kappa shape index (κ1) is 10.5. The molecule has 0 bridgehead atoms. The fourth-order valence-corrected chi connectivity index (χ4v) is 1.67. The van der Waals surface area contributed by atoms with Gasteiger partial charge in [0, 0.05) is 6.54 Å². The normalized spacial score (nSPS) is 10.6. The van der Waals surface area contributed by atoms with Crippen LogP contribution in [0.15, 0.2) is 24.3 Å². The van der Waals surface area contributed by atoms with Gasteiger partial charge in [-0.25, -0.2) is 4.68 Å². The first-order chi connectivity index (χ1) is 7.65. The Hall–Kier alpha value is -2.01. The topological polar surface area (TPSA) is 95.9 Å². The van der Waals surface area contributed by atoms with Crippen LogP contribution >= 0.6 is 0 Å². The minimum atomic E-state index is 0.295. The maximum Gasteiger partial charge on any atom is 0.152 e. The van der Waals surface area contributed by atoms with Crippen LogP contribution in [0.3, 0.4) is 0 Å². The van der Waals surface area contributed by atoms with E-state index in [0.29, 0.717) is 23.7 Å². The summed E-state index contributed by atoms with van der Waals surface area (Å²) in [6, 6.07) is 7.83. The van der Waals surface area contributed by atoms with E-state index in [9.17, 15) is 0 Å². The van der Waals surface area contributed by atoms with E-state index in [1.807, 2.05) is 31.2 Å². The van der Waals surface area contributed by atoms with E-state index in [1.165, 1.54) is 0 Å². The summed E-state index contributed by atoms with van der Waals surface area (Å²) in [7, 11) is 0. The number of hydrogen-bond acceptors (Lipinski definition) is 4. The van der Waals surface area contributed by atoms with E-state index in [-0.39, 0.29) is 0 Å². The number of benzene rings is 1. The molecule has 0 radical (unpaired) electrons. The number of nitrogens with two attached hydrogens (primary N) is 3. The zero-order valence-corrected chi connectivity index (χ0v) is 9.14. The van der Waals surface area contributed by atoms with Crippen LogP contribution in [0.2, 0.25) is 0 Å². The Morgan fingerprint density at radius 3 is 2.50 bits per heavy atom. The molecule has 1 aromatic carbocycles. The van der Waals surface area contributed by atoms with Crippen molar-refractivity contribution in [1.82, 2.24) is 9.78 Å². The molecule has 16 heavy (non-hydrogen) atoms. The maximum absolute atomic E-state index is 5.96. The molecule has 0 saturated carbocycles. The number of aryl methyl sites for hydroxylation is 1. The molecule has 2 aromatic rings. The van der Waals surface area contributed by atoms with E-state index in [4.69, 9.17) is 17.2 Å². The average Bonchev–Trinajstić information content (AvgIpc) is 2.55. The molecular weight excluding hydrogens is 202 g/mol. The van der Waals surface area contributed by atoms with Crippen LogP contribution in [-0.4, -0.2) is 9.78 Å². The van der Waals surface area contributed by atoms with Gasteiger partial charge >= 0.3 is 0 Å².